The van der Waals surface area contributed by atoms with Gasteiger partial charge in [0.1, 0.15) is 12.4 Å². The molecule has 148 valence electrons. The van der Waals surface area contributed by atoms with Gasteiger partial charge in [0.05, 0.1) is 18.9 Å². The van der Waals surface area contributed by atoms with Crippen LogP contribution >= 0.6 is 0 Å². The third kappa shape index (κ3) is 5.32. The zero-order valence-corrected chi connectivity index (χ0v) is 15.8. The highest BCUT2D eigenvalue weighted by molar-refractivity contribution is 5.99. The molecule has 0 aliphatic rings. The van der Waals surface area contributed by atoms with Crippen LogP contribution in [0.4, 0.5) is 10.1 Å². The molecule has 3 rings (SSSR count). The largest absolute Gasteiger partial charge is 0.493 e. The van der Waals surface area contributed by atoms with E-state index >= 15 is 0 Å². The van der Waals surface area contributed by atoms with E-state index in [0.717, 1.165) is 5.56 Å². The summed E-state index contributed by atoms with van der Waals surface area (Å²) in [5, 5.41) is 3.95. The van der Waals surface area contributed by atoms with Crippen molar-refractivity contribution in [2.75, 3.05) is 12.8 Å². The van der Waals surface area contributed by atoms with Crippen molar-refractivity contribution in [3.63, 3.8) is 0 Å². The van der Waals surface area contributed by atoms with Crippen molar-refractivity contribution in [1.29, 1.82) is 0 Å². The van der Waals surface area contributed by atoms with E-state index in [4.69, 9.17) is 15.2 Å². The first-order chi connectivity index (χ1) is 14.1. The highest BCUT2D eigenvalue weighted by Crippen LogP contribution is 2.28. The molecule has 0 atom stereocenters. The molecule has 0 aromatic heterocycles. The van der Waals surface area contributed by atoms with Crippen LogP contribution in [0.25, 0.3) is 0 Å². The molecule has 29 heavy (non-hydrogen) atoms. The molecule has 7 heteroatoms. The SMILES string of the molecule is COc1cc(/C=N/NC(=O)c2ccccc2N)ccc1OCc1ccc(F)cc1. The standard InChI is InChI=1S/C22H20FN3O3/c1-28-21-12-16(13-25-26-22(27)18-4-2-3-5-19(18)24)8-11-20(21)29-14-15-6-9-17(23)10-7-15/h2-13H,14,24H2,1H3,(H,26,27)/b25-13+. The maximum Gasteiger partial charge on any atom is 0.273 e. The molecule has 3 aromatic carbocycles. The number of methoxy groups -OCH3 is 1. The Morgan fingerprint density at radius 1 is 1.10 bits per heavy atom. The summed E-state index contributed by atoms with van der Waals surface area (Å²) in [6, 6.07) is 18.1. The van der Waals surface area contributed by atoms with Crippen LogP contribution in [0.2, 0.25) is 0 Å². The van der Waals surface area contributed by atoms with Crippen LogP contribution in [0, 0.1) is 5.82 Å². The first-order valence-corrected chi connectivity index (χ1v) is 8.80. The average molecular weight is 393 g/mol. The van der Waals surface area contributed by atoms with Crippen LogP contribution in [0.15, 0.2) is 71.8 Å². The highest BCUT2D eigenvalue weighted by Gasteiger charge is 2.08. The number of carbonyl (C=O) groups excluding carboxylic acids is 1. The summed E-state index contributed by atoms with van der Waals surface area (Å²) < 4.78 is 24.1. The Labute approximate surface area is 167 Å². The first-order valence-electron chi connectivity index (χ1n) is 8.80. The van der Waals surface area contributed by atoms with Gasteiger partial charge in [-0.15, -0.1) is 0 Å². The Morgan fingerprint density at radius 3 is 2.59 bits per heavy atom. The zero-order chi connectivity index (χ0) is 20.6. The van der Waals surface area contributed by atoms with E-state index in [1.54, 1.807) is 54.6 Å². The van der Waals surface area contributed by atoms with Crippen molar-refractivity contribution in [1.82, 2.24) is 5.43 Å². The number of amides is 1. The lowest BCUT2D eigenvalue weighted by Crippen LogP contribution is -2.19. The van der Waals surface area contributed by atoms with Crippen molar-refractivity contribution in [2.24, 2.45) is 5.10 Å². The molecule has 0 saturated carbocycles. The number of nitrogen functional groups attached to an aromatic ring is 1. The number of nitrogens with one attached hydrogen (secondary N) is 1. The van der Waals surface area contributed by atoms with Crippen molar-refractivity contribution < 1.29 is 18.7 Å². The molecule has 0 aliphatic carbocycles. The molecule has 0 fully saturated rings. The summed E-state index contributed by atoms with van der Waals surface area (Å²) in [6.07, 6.45) is 1.49. The van der Waals surface area contributed by atoms with Crippen LogP contribution in [0.1, 0.15) is 21.5 Å². The molecule has 0 bridgehead atoms. The van der Waals surface area contributed by atoms with Gasteiger partial charge in [0.2, 0.25) is 0 Å². The number of anilines is 1. The smallest absolute Gasteiger partial charge is 0.273 e. The Morgan fingerprint density at radius 2 is 1.86 bits per heavy atom. The number of rotatable bonds is 7. The first kappa shape index (κ1) is 19.9. The van der Waals surface area contributed by atoms with Crippen molar-refractivity contribution >= 4 is 17.8 Å². The number of benzene rings is 3. The van der Waals surface area contributed by atoms with Gasteiger partial charge in [-0.1, -0.05) is 24.3 Å². The number of hydrogen-bond acceptors (Lipinski definition) is 5. The lowest BCUT2D eigenvalue weighted by atomic mass is 10.2. The molecule has 0 saturated heterocycles. The molecule has 3 N–H and O–H groups in total. The van der Waals surface area contributed by atoms with Crippen LogP contribution in [-0.2, 0) is 6.61 Å². The second kappa shape index (κ2) is 9.36. The summed E-state index contributed by atoms with van der Waals surface area (Å²) in [5.74, 6) is 0.354. The van der Waals surface area contributed by atoms with Gasteiger partial charge in [-0.3, -0.25) is 4.79 Å². The van der Waals surface area contributed by atoms with Gasteiger partial charge in [0.15, 0.2) is 11.5 Å². The molecule has 0 heterocycles. The summed E-state index contributed by atoms with van der Waals surface area (Å²) in [4.78, 5) is 12.1. The van der Waals surface area contributed by atoms with Gasteiger partial charge in [0.25, 0.3) is 5.91 Å². The second-order valence-corrected chi connectivity index (χ2v) is 6.11. The third-order valence-corrected chi connectivity index (χ3v) is 4.08. The molecule has 0 radical (unpaired) electrons. The van der Waals surface area contributed by atoms with Gasteiger partial charge in [-0.2, -0.15) is 5.10 Å². The van der Waals surface area contributed by atoms with E-state index in [9.17, 15) is 9.18 Å². The minimum atomic E-state index is -0.398. The van der Waals surface area contributed by atoms with Gasteiger partial charge in [-0.05, 0) is 53.6 Å². The summed E-state index contributed by atoms with van der Waals surface area (Å²) in [6.45, 7) is 0.276. The van der Waals surface area contributed by atoms with Crippen molar-refractivity contribution in [2.45, 2.75) is 6.61 Å². The Kier molecular flexibility index (Phi) is 6.42. The summed E-state index contributed by atoms with van der Waals surface area (Å²) >= 11 is 0. The number of para-hydroxylation sites is 1. The van der Waals surface area contributed by atoms with Crippen LogP contribution in [-0.4, -0.2) is 19.2 Å². The highest BCUT2D eigenvalue weighted by atomic mass is 19.1. The lowest BCUT2D eigenvalue weighted by Gasteiger charge is -2.11. The molecule has 6 nitrogen and oxygen atoms in total. The van der Waals surface area contributed by atoms with Crippen molar-refractivity contribution in [3.8, 4) is 11.5 Å². The number of hydrogen-bond donors (Lipinski definition) is 2. The molecular weight excluding hydrogens is 373 g/mol. The quantitative estimate of drug-likeness (QED) is 0.364. The monoisotopic (exact) mass is 393 g/mol. The minimum Gasteiger partial charge on any atom is -0.493 e. The number of nitrogens with two attached hydrogens (primary N) is 1. The van der Waals surface area contributed by atoms with E-state index in [1.807, 2.05) is 0 Å². The topological polar surface area (TPSA) is 85.9 Å². The van der Waals surface area contributed by atoms with Gasteiger partial charge in [-0.25, -0.2) is 9.82 Å². The predicted octanol–water partition coefficient (Wildman–Crippen LogP) is 3.76. The Balaban J connectivity index is 1.63. The fraction of sp³-hybridized carbons (Fsp3) is 0.0909. The summed E-state index contributed by atoms with van der Waals surface area (Å²) in [5.41, 5.74) is 10.5. The molecular formula is C22H20FN3O3. The Hall–Kier alpha value is -3.87. The third-order valence-electron chi connectivity index (χ3n) is 4.08. The maximum atomic E-state index is 13.0. The summed E-state index contributed by atoms with van der Waals surface area (Å²) in [7, 11) is 1.53. The lowest BCUT2D eigenvalue weighted by molar-refractivity contribution is 0.0956. The van der Waals surface area contributed by atoms with Crippen molar-refractivity contribution in [3.05, 3.63) is 89.2 Å². The Bertz CT molecular complexity index is 1020. The molecule has 1 amide bonds. The minimum absolute atomic E-state index is 0.276. The zero-order valence-electron chi connectivity index (χ0n) is 15.8. The van der Waals surface area contributed by atoms with Gasteiger partial charge in [0, 0.05) is 5.69 Å². The van der Waals surface area contributed by atoms with E-state index in [2.05, 4.69) is 10.5 Å². The maximum absolute atomic E-state index is 13.0. The fourth-order valence-electron chi connectivity index (χ4n) is 2.55. The molecule has 0 spiro atoms. The molecule has 0 aliphatic heterocycles. The number of nitrogens with zero attached hydrogens (tertiary/aromatic N) is 1. The number of hydrazone groups is 1. The number of carbonyl (C=O) groups is 1. The second-order valence-electron chi connectivity index (χ2n) is 6.11. The van der Waals surface area contributed by atoms with E-state index in [-0.39, 0.29) is 12.4 Å². The average Bonchev–Trinajstić information content (AvgIpc) is 2.74. The molecule has 3 aromatic rings. The van der Waals surface area contributed by atoms with Crippen LogP contribution < -0.4 is 20.6 Å². The molecule has 0 unspecified atom stereocenters. The fourth-order valence-corrected chi connectivity index (χ4v) is 2.55. The number of ether oxygens (including phenoxy) is 2. The van der Waals surface area contributed by atoms with Crippen LogP contribution in [0.5, 0.6) is 11.5 Å². The van der Waals surface area contributed by atoms with E-state index < -0.39 is 5.91 Å². The van der Waals surface area contributed by atoms with Gasteiger partial charge >= 0.3 is 0 Å². The van der Waals surface area contributed by atoms with E-state index in [1.165, 1.54) is 25.5 Å². The number of halogens is 1. The predicted molar refractivity (Wildman–Crippen MR) is 110 cm³/mol. The normalized spacial score (nSPS) is 10.7. The van der Waals surface area contributed by atoms with E-state index in [0.29, 0.717) is 28.3 Å². The van der Waals surface area contributed by atoms with Crippen LogP contribution in [0.3, 0.4) is 0 Å². The van der Waals surface area contributed by atoms with Gasteiger partial charge < -0.3 is 15.2 Å².